The molecule has 2 amide bonds. The number of likely N-dealkylation sites (tertiary alicyclic amines) is 1. The fourth-order valence-corrected chi connectivity index (χ4v) is 5.74. The van der Waals surface area contributed by atoms with E-state index in [0.717, 1.165) is 37.9 Å². The van der Waals surface area contributed by atoms with Gasteiger partial charge in [0, 0.05) is 24.5 Å². The Morgan fingerprint density at radius 1 is 1.17 bits per heavy atom. The molecule has 3 atom stereocenters. The number of carbonyl (C=O) groups is 2. The van der Waals surface area contributed by atoms with E-state index < -0.39 is 0 Å². The average molecular weight is 414 g/mol. The van der Waals surface area contributed by atoms with Gasteiger partial charge in [0.1, 0.15) is 5.75 Å². The van der Waals surface area contributed by atoms with Crippen molar-refractivity contribution >= 4 is 11.8 Å². The monoisotopic (exact) mass is 413 g/mol. The van der Waals surface area contributed by atoms with Crippen LogP contribution < -0.4 is 15.4 Å². The quantitative estimate of drug-likeness (QED) is 0.777. The van der Waals surface area contributed by atoms with Crippen molar-refractivity contribution in [2.24, 2.45) is 0 Å². The number of ether oxygens (including phenoxy) is 1. The maximum atomic E-state index is 13.0. The summed E-state index contributed by atoms with van der Waals surface area (Å²) < 4.78 is 5.32. The molecule has 1 aliphatic carbocycles. The molecule has 2 saturated heterocycles. The van der Waals surface area contributed by atoms with Crippen LogP contribution in [0.15, 0.2) is 24.3 Å². The number of hydrogen-bond acceptors (Lipinski definition) is 4. The third-order valence-corrected chi connectivity index (χ3v) is 7.26. The van der Waals surface area contributed by atoms with E-state index in [1.54, 1.807) is 7.11 Å². The number of methoxy groups -OCH3 is 1. The number of benzene rings is 1. The molecule has 3 fully saturated rings. The third kappa shape index (κ3) is 4.48. The van der Waals surface area contributed by atoms with Crippen molar-refractivity contribution in [2.75, 3.05) is 13.7 Å². The molecule has 3 aliphatic rings. The van der Waals surface area contributed by atoms with E-state index in [-0.39, 0.29) is 29.4 Å². The van der Waals surface area contributed by atoms with E-state index >= 15 is 0 Å². The van der Waals surface area contributed by atoms with Crippen LogP contribution >= 0.6 is 0 Å². The Morgan fingerprint density at radius 2 is 1.90 bits per heavy atom. The van der Waals surface area contributed by atoms with Crippen molar-refractivity contribution in [3.8, 4) is 5.75 Å². The molecular formula is C24H35N3O3. The summed E-state index contributed by atoms with van der Waals surface area (Å²) in [5.74, 6) is 1.06. The highest BCUT2D eigenvalue weighted by Gasteiger charge is 2.51. The molecule has 2 aliphatic heterocycles. The van der Waals surface area contributed by atoms with E-state index in [2.05, 4.69) is 34.6 Å². The van der Waals surface area contributed by atoms with Gasteiger partial charge in [-0.1, -0.05) is 31.4 Å². The summed E-state index contributed by atoms with van der Waals surface area (Å²) in [7, 11) is 1.67. The van der Waals surface area contributed by atoms with Crippen LogP contribution in [0, 0.1) is 0 Å². The molecule has 1 aromatic rings. The highest BCUT2D eigenvalue weighted by atomic mass is 16.5. The number of amides is 2. The third-order valence-electron chi connectivity index (χ3n) is 7.26. The fraction of sp³-hybridized carbons (Fsp3) is 0.667. The van der Waals surface area contributed by atoms with Crippen LogP contribution in [0.5, 0.6) is 5.75 Å². The first-order valence-corrected chi connectivity index (χ1v) is 11.5. The predicted octanol–water partition coefficient (Wildman–Crippen LogP) is 3.32. The maximum Gasteiger partial charge on any atom is 0.234 e. The molecule has 6 heteroatoms. The Bertz CT molecular complexity index is 759. The summed E-state index contributed by atoms with van der Waals surface area (Å²) in [5, 5.41) is 6.57. The van der Waals surface area contributed by atoms with Crippen LogP contribution in [-0.4, -0.2) is 48.0 Å². The van der Waals surface area contributed by atoms with E-state index in [0.29, 0.717) is 19.0 Å². The van der Waals surface area contributed by atoms with Gasteiger partial charge in [-0.05, 0) is 56.7 Å². The van der Waals surface area contributed by atoms with Crippen molar-refractivity contribution in [3.05, 3.63) is 29.8 Å². The van der Waals surface area contributed by atoms with Crippen molar-refractivity contribution in [1.82, 2.24) is 15.5 Å². The zero-order valence-corrected chi connectivity index (χ0v) is 18.3. The zero-order valence-electron chi connectivity index (χ0n) is 18.3. The molecule has 6 nitrogen and oxygen atoms in total. The first kappa shape index (κ1) is 21.2. The number of rotatable bonds is 5. The average Bonchev–Trinajstić information content (AvgIpc) is 2.90. The summed E-state index contributed by atoms with van der Waals surface area (Å²) >= 11 is 0. The molecule has 0 bridgehead atoms. The number of hydrogen-bond donors (Lipinski definition) is 2. The molecule has 1 aromatic carbocycles. The molecule has 0 aromatic heterocycles. The van der Waals surface area contributed by atoms with Gasteiger partial charge in [-0.3, -0.25) is 14.5 Å². The molecule has 30 heavy (non-hydrogen) atoms. The zero-order chi connectivity index (χ0) is 21.1. The lowest BCUT2D eigenvalue weighted by atomic mass is 9.88. The van der Waals surface area contributed by atoms with Gasteiger partial charge in [0.25, 0.3) is 0 Å². The van der Waals surface area contributed by atoms with Crippen molar-refractivity contribution in [3.63, 3.8) is 0 Å². The highest BCUT2D eigenvalue weighted by molar-refractivity contribution is 5.79. The molecule has 2 heterocycles. The van der Waals surface area contributed by atoms with Crippen LogP contribution in [0.4, 0.5) is 0 Å². The number of nitrogens with zero attached hydrogens (tertiary/aromatic N) is 1. The summed E-state index contributed by atoms with van der Waals surface area (Å²) in [6.45, 7) is 2.53. The SMILES string of the molecule is COc1ccc([C@@H]2C[C@]3(C)NC(=O)CCC[C@@H]3N2CC(=O)NC2CCCCC2)cc1. The van der Waals surface area contributed by atoms with Gasteiger partial charge in [0.15, 0.2) is 0 Å². The second-order valence-electron chi connectivity index (χ2n) is 9.44. The molecule has 2 N–H and O–H groups in total. The minimum absolute atomic E-state index is 0.0985. The largest absolute Gasteiger partial charge is 0.497 e. The van der Waals surface area contributed by atoms with E-state index in [4.69, 9.17) is 4.74 Å². The van der Waals surface area contributed by atoms with Crippen LogP contribution in [0.3, 0.4) is 0 Å². The van der Waals surface area contributed by atoms with Crippen molar-refractivity contribution in [2.45, 2.75) is 88.4 Å². The van der Waals surface area contributed by atoms with Gasteiger partial charge in [0.05, 0.1) is 19.2 Å². The Labute approximate surface area is 179 Å². The van der Waals surface area contributed by atoms with Gasteiger partial charge in [0.2, 0.25) is 11.8 Å². The predicted molar refractivity (Wildman–Crippen MR) is 116 cm³/mol. The number of nitrogens with one attached hydrogen (secondary N) is 2. The molecule has 1 saturated carbocycles. The summed E-state index contributed by atoms with van der Waals surface area (Å²) in [5.41, 5.74) is 0.855. The lowest BCUT2D eigenvalue weighted by Crippen LogP contribution is -2.54. The molecule has 0 unspecified atom stereocenters. The van der Waals surface area contributed by atoms with E-state index in [1.165, 1.54) is 24.8 Å². The topological polar surface area (TPSA) is 70.7 Å². The van der Waals surface area contributed by atoms with Crippen LogP contribution in [0.1, 0.15) is 76.3 Å². The number of fused-ring (bicyclic) bond motifs is 1. The first-order chi connectivity index (χ1) is 14.5. The second kappa shape index (κ2) is 8.96. The standard InChI is InChI=1S/C24H35N3O3/c1-24-15-20(17-11-13-19(30-2)14-12-17)27(21(24)9-6-10-22(28)26-24)16-23(29)25-18-7-4-3-5-8-18/h11-14,18,20-21H,3-10,15-16H2,1-2H3,(H,25,29)(H,26,28)/t20-,21-,24-/m0/s1. The van der Waals surface area contributed by atoms with Gasteiger partial charge < -0.3 is 15.4 Å². The lowest BCUT2D eigenvalue weighted by molar-refractivity contribution is -0.124. The maximum absolute atomic E-state index is 13.0. The van der Waals surface area contributed by atoms with Gasteiger partial charge >= 0.3 is 0 Å². The Balaban J connectivity index is 1.56. The molecule has 4 rings (SSSR count). The molecule has 0 radical (unpaired) electrons. The highest BCUT2D eigenvalue weighted by Crippen LogP contribution is 2.45. The molecular weight excluding hydrogens is 378 g/mol. The van der Waals surface area contributed by atoms with Gasteiger partial charge in [-0.2, -0.15) is 0 Å². The lowest BCUT2D eigenvalue weighted by Gasteiger charge is -2.35. The minimum atomic E-state index is -0.316. The first-order valence-electron chi connectivity index (χ1n) is 11.5. The van der Waals surface area contributed by atoms with E-state index in [9.17, 15) is 9.59 Å². The summed E-state index contributed by atoms with van der Waals surface area (Å²) in [6.07, 6.45) is 9.04. The van der Waals surface area contributed by atoms with Gasteiger partial charge in [-0.25, -0.2) is 0 Å². The van der Waals surface area contributed by atoms with Gasteiger partial charge in [-0.15, -0.1) is 0 Å². The summed E-state index contributed by atoms with van der Waals surface area (Å²) in [4.78, 5) is 27.7. The Kier molecular flexibility index (Phi) is 6.32. The van der Waals surface area contributed by atoms with Crippen LogP contribution in [0.25, 0.3) is 0 Å². The second-order valence-corrected chi connectivity index (χ2v) is 9.44. The van der Waals surface area contributed by atoms with Crippen molar-refractivity contribution in [1.29, 1.82) is 0 Å². The molecule has 164 valence electrons. The van der Waals surface area contributed by atoms with E-state index in [1.807, 2.05) is 12.1 Å². The fourth-order valence-electron chi connectivity index (χ4n) is 5.74. The Hall–Kier alpha value is -2.08. The normalized spacial score (nSPS) is 30.3. The van der Waals surface area contributed by atoms with Crippen LogP contribution in [-0.2, 0) is 9.59 Å². The summed E-state index contributed by atoms with van der Waals surface area (Å²) in [6, 6.07) is 8.70. The van der Waals surface area contributed by atoms with Crippen molar-refractivity contribution < 1.29 is 14.3 Å². The van der Waals surface area contributed by atoms with Crippen LogP contribution in [0.2, 0.25) is 0 Å². The minimum Gasteiger partial charge on any atom is -0.497 e. The molecule has 0 spiro atoms. The Morgan fingerprint density at radius 3 is 2.60 bits per heavy atom. The smallest absolute Gasteiger partial charge is 0.234 e. The number of carbonyl (C=O) groups excluding carboxylic acids is 2.